The third-order valence-electron chi connectivity index (χ3n) is 5.97. The SMILES string of the molecule is C/C=C/C(C)C.CC(C)/C=C/C(=O)Nc1ccc(Br)cc1.CC(C)/C=C/C(=O)Nc1ccc([N+](=O)[O-])cc1.CC(C)/C=C/C(=O)Nc1ccccc1. The number of nitrogens with one attached hydrogen (secondary N) is 3. The number of anilines is 3. The van der Waals surface area contributed by atoms with Gasteiger partial charge in [0, 0.05) is 33.7 Å². The third-order valence-corrected chi connectivity index (χ3v) is 6.50. The Balaban J connectivity index is 0.000000698. The lowest BCUT2D eigenvalue weighted by atomic mass is 10.2. The minimum Gasteiger partial charge on any atom is -0.323 e. The number of benzene rings is 3. The Bertz CT molecular complexity index is 1590. The number of rotatable bonds is 11. The van der Waals surface area contributed by atoms with E-state index < -0.39 is 4.92 Å². The van der Waals surface area contributed by atoms with Crippen molar-refractivity contribution in [1.29, 1.82) is 0 Å². The van der Waals surface area contributed by atoms with E-state index in [0.29, 0.717) is 23.4 Å². The number of nitrogens with zero attached hydrogens (tertiary/aromatic N) is 1. The third kappa shape index (κ3) is 26.7. The Hall–Kier alpha value is -5.09. The molecule has 0 heterocycles. The standard InChI is InChI=1S/C12H14BrNO.C12H14N2O3.C12H15NO.C6H12/c1-9(2)3-8-12(15)14-11-6-4-10(13)5-7-11;1-9(2)3-8-12(15)13-10-4-6-11(7-5-10)14(16)17;1-10(2)8-9-12(14)13-11-6-4-3-5-7-11;1-4-5-6(2)3/h3-9H,1-2H3,(H,14,15);3-9H,1-2H3,(H,13,15);3-10H,1-2H3,(H,13,14);4-6H,1-3H3/b2*8-3+;9-8+;5-4+. The molecule has 0 aliphatic rings. The topological polar surface area (TPSA) is 130 Å². The molecule has 0 aliphatic carbocycles. The number of non-ortho nitro benzene ring substituents is 1. The van der Waals surface area contributed by atoms with Crippen LogP contribution in [0.1, 0.15) is 62.3 Å². The Morgan fingerprint density at radius 2 is 0.885 bits per heavy atom. The normalized spacial score (nSPS) is 10.9. The second kappa shape index (κ2) is 27.6. The summed E-state index contributed by atoms with van der Waals surface area (Å²) in [5, 5.41) is 18.6. The van der Waals surface area contributed by atoms with Crippen molar-refractivity contribution in [2.24, 2.45) is 23.7 Å². The molecule has 0 radical (unpaired) electrons. The number of halogens is 1. The summed E-state index contributed by atoms with van der Waals surface area (Å²) in [5.41, 5.74) is 2.16. The van der Waals surface area contributed by atoms with Crippen LogP contribution in [0.15, 0.2) is 132 Å². The van der Waals surface area contributed by atoms with Gasteiger partial charge in [0.05, 0.1) is 4.92 Å². The molecule has 0 aromatic heterocycles. The van der Waals surface area contributed by atoms with E-state index in [9.17, 15) is 24.5 Å². The molecule has 280 valence electrons. The van der Waals surface area contributed by atoms with Crippen LogP contribution < -0.4 is 16.0 Å². The van der Waals surface area contributed by atoms with Gasteiger partial charge in [-0.3, -0.25) is 24.5 Å². The molecular formula is C42H55BrN4O5. The largest absolute Gasteiger partial charge is 0.323 e. The molecule has 3 aromatic carbocycles. The number of hydrogen-bond donors (Lipinski definition) is 3. The predicted molar refractivity (Wildman–Crippen MR) is 221 cm³/mol. The fourth-order valence-corrected chi connectivity index (χ4v) is 3.76. The summed E-state index contributed by atoms with van der Waals surface area (Å²) >= 11 is 3.33. The molecule has 10 heteroatoms. The van der Waals surface area contributed by atoms with Crippen molar-refractivity contribution < 1.29 is 19.3 Å². The first-order valence-corrected chi connectivity index (χ1v) is 18.0. The van der Waals surface area contributed by atoms with E-state index in [2.05, 4.69) is 57.9 Å². The van der Waals surface area contributed by atoms with Crippen molar-refractivity contribution in [1.82, 2.24) is 0 Å². The fourth-order valence-electron chi connectivity index (χ4n) is 3.50. The van der Waals surface area contributed by atoms with Crippen molar-refractivity contribution in [2.75, 3.05) is 16.0 Å². The number of hydrogen-bond acceptors (Lipinski definition) is 5. The molecule has 0 aliphatic heterocycles. The van der Waals surface area contributed by atoms with Crippen molar-refractivity contribution in [3.05, 3.63) is 142 Å². The van der Waals surface area contributed by atoms with Crippen LogP contribution in [0.4, 0.5) is 22.7 Å². The summed E-state index contributed by atoms with van der Waals surface area (Å²) in [5.74, 6) is 1.40. The number of allylic oxidation sites excluding steroid dienone is 5. The molecule has 3 amide bonds. The highest BCUT2D eigenvalue weighted by Gasteiger charge is 2.05. The Kier molecular flexibility index (Phi) is 24.9. The molecule has 0 fully saturated rings. The zero-order valence-corrected chi connectivity index (χ0v) is 33.4. The molecule has 0 spiro atoms. The Morgan fingerprint density at radius 1 is 0.558 bits per heavy atom. The first kappa shape index (κ1) is 46.9. The summed E-state index contributed by atoms with van der Waals surface area (Å²) in [6.45, 7) is 18.4. The minimum atomic E-state index is -0.482. The molecule has 0 atom stereocenters. The lowest BCUT2D eigenvalue weighted by Gasteiger charge is -2.02. The fraction of sp³-hybridized carbons (Fsp3) is 0.310. The van der Waals surface area contributed by atoms with Crippen LogP contribution in [0, 0.1) is 33.8 Å². The number of nitro benzene ring substituents is 1. The summed E-state index contributed by atoms with van der Waals surface area (Å²) in [7, 11) is 0. The van der Waals surface area contributed by atoms with Gasteiger partial charge in [-0.1, -0.05) is 120 Å². The van der Waals surface area contributed by atoms with Crippen LogP contribution in [-0.4, -0.2) is 22.6 Å². The van der Waals surface area contributed by atoms with Crippen LogP contribution in [0.5, 0.6) is 0 Å². The molecular weight excluding hydrogens is 720 g/mol. The first-order chi connectivity index (χ1) is 24.5. The number of nitro groups is 1. The lowest BCUT2D eigenvalue weighted by Crippen LogP contribution is -2.08. The van der Waals surface area contributed by atoms with Gasteiger partial charge in [-0.2, -0.15) is 0 Å². The van der Waals surface area contributed by atoms with Crippen molar-refractivity contribution in [3.8, 4) is 0 Å². The molecule has 9 nitrogen and oxygen atoms in total. The summed E-state index contributed by atoms with van der Waals surface area (Å²) in [6.07, 6.45) is 14.3. The zero-order valence-electron chi connectivity index (χ0n) is 31.8. The smallest absolute Gasteiger partial charge is 0.269 e. The van der Waals surface area contributed by atoms with Gasteiger partial charge in [-0.25, -0.2) is 0 Å². The van der Waals surface area contributed by atoms with Gasteiger partial charge in [0.1, 0.15) is 0 Å². The lowest BCUT2D eigenvalue weighted by molar-refractivity contribution is -0.384. The van der Waals surface area contributed by atoms with Gasteiger partial charge >= 0.3 is 0 Å². The van der Waals surface area contributed by atoms with E-state index in [1.54, 1.807) is 18.2 Å². The van der Waals surface area contributed by atoms with Crippen LogP contribution in [-0.2, 0) is 14.4 Å². The van der Waals surface area contributed by atoms with Crippen molar-refractivity contribution >= 4 is 56.4 Å². The van der Waals surface area contributed by atoms with Crippen LogP contribution in [0.3, 0.4) is 0 Å². The molecule has 3 aromatic rings. The van der Waals surface area contributed by atoms with Crippen LogP contribution in [0.2, 0.25) is 0 Å². The molecule has 0 saturated heterocycles. The van der Waals surface area contributed by atoms with E-state index >= 15 is 0 Å². The number of carbonyl (C=O) groups is 3. The van der Waals surface area contributed by atoms with E-state index in [-0.39, 0.29) is 23.4 Å². The average molecular weight is 776 g/mol. The zero-order chi connectivity index (χ0) is 39.5. The highest BCUT2D eigenvalue weighted by molar-refractivity contribution is 9.10. The minimum absolute atomic E-state index is 0.000668. The van der Waals surface area contributed by atoms with Gasteiger partial charge in [0.2, 0.25) is 17.7 Å². The highest BCUT2D eigenvalue weighted by atomic mass is 79.9. The van der Waals surface area contributed by atoms with Gasteiger partial charge in [-0.15, -0.1) is 0 Å². The predicted octanol–water partition coefficient (Wildman–Crippen LogP) is 11.4. The first-order valence-electron chi connectivity index (χ1n) is 17.2. The molecule has 52 heavy (non-hydrogen) atoms. The monoisotopic (exact) mass is 774 g/mol. The Labute approximate surface area is 318 Å². The second-order valence-electron chi connectivity index (χ2n) is 12.7. The number of para-hydroxylation sites is 1. The highest BCUT2D eigenvalue weighted by Crippen LogP contribution is 2.16. The van der Waals surface area contributed by atoms with Gasteiger partial charge < -0.3 is 16.0 Å². The van der Waals surface area contributed by atoms with E-state index in [1.807, 2.05) is 115 Å². The summed E-state index contributed by atoms with van der Waals surface area (Å²) in [4.78, 5) is 44.1. The van der Waals surface area contributed by atoms with Crippen LogP contribution >= 0.6 is 15.9 Å². The summed E-state index contributed by atoms with van der Waals surface area (Å²) < 4.78 is 0.998. The maximum Gasteiger partial charge on any atom is 0.269 e. The van der Waals surface area contributed by atoms with Crippen molar-refractivity contribution in [3.63, 3.8) is 0 Å². The molecule has 0 saturated carbocycles. The maximum atomic E-state index is 11.4. The number of amides is 3. The molecule has 0 unspecified atom stereocenters. The van der Waals surface area contributed by atoms with Gasteiger partial charge in [0.15, 0.2) is 0 Å². The van der Waals surface area contributed by atoms with E-state index in [4.69, 9.17) is 0 Å². The molecule has 3 N–H and O–H groups in total. The van der Waals surface area contributed by atoms with E-state index in [0.717, 1.165) is 21.8 Å². The Morgan fingerprint density at radius 3 is 1.17 bits per heavy atom. The van der Waals surface area contributed by atoms with Crippen molar-refractivity contribution in [2.45, 2.75) is 62.3 Å². The maximum absolute atomic E-state index is 11.4. The van der Waals surface area contributed by atoms with Gasteiger partial charge in [-0.05, 0) is 97.4 Å². The second-order valence-corrected chi connectivity index (χ2v) is 13.6. The van der Waals surface area contributed by atoms with E-state index in [1.165, 1.54) is 30.3 Å². The average Bonchev–Trinajstić information content (AvgIpc) is 3.08. The van der Waals surface area contributed by atoms with Gasteiger partial charge in [0.25, 0.3) is 5.69 Å². The van der Waals surface area contributed by atoms with Crippen LogP contribution in [0.25, 0.3) is 0 Å². The molecule has 0 bridgehead atoms. The molecule has 3 rings (SSSR count). The quantitative estimate of drug-likeness (QED) is 0.0772. The number of carbonyl (C=O) groups excluding carboxylic acids is 3. The summed E-state index contributed by atoms with van der Waals surface area (Å²) in [6, 6.07) is 22.6.